The predicted molar refractivity (Wildman–Crippen MR) is 28.0 cm³/mol. The van der Waals surface area contributed by atoms with Crippen LogP contribution in [-0.2, 0) is 26.7 Å². The molecule has 8 heteroatoms. The fraction of sp³-hybridized carbons (Fsp3) is 0.500. The van der Waals surface area contributed by atoms with E-state index < -0.39 is 24.1 Å². The first kappa shape index (κ1) is 17.4. The Morgan fingerprint density at radius 3 is 1.25 bits per heavy atom. The Morgan fingerprint density at radius 2 is 1.17 bits per heavy atom. The maximum Gasteiger partial charge on any atom is 0.124 e. The van der Waals surface area contributed by atoms with Crippen molar-refractivity contribution in [3.05, 3.63) is 0 Å². The van der Waals surface area contributed by atoms with Gasteiger partial charge in [0.25, 0.3) is 0 Å². The van der Waals surface area contributed by atoms with E-state index in [9.17, 15) is 19.8 Å². The smallest absolute Gasteiger partial charge is 0.124 e. The fourth-order valence-electron chi connectivity index (χ4n) is 0.258. The molecule has 0 aromatic carbocycles. The summed E-state index contributed by atoms with van der Waals surface area (Å²) in [5.41, 5.74) is 0. The monoisotopic (exact) mass is 222 g/mol. The summed E-state index contributed by atoms with van der Waals surface area (Å²) in [7, 11) is 0. The standard InChI is InChI=1S/C4H6O6.Fe.H3N/c5-1(3(7)8)2(6)4(9)10;;/h1-2,5-6H,(H,7,8)(H,9,10);;1H3/p-1. The van der Waals surface area contributed by atoms with Crippen molar-refractivity contribution in [1.82, 2.24) is 6.15 Å². The molecule has 0 rings (SSSR count). The first-order valence-corrected chi connectivity index (χ1v) is 2.24. The van der Waals surface area contributed by atoms with Gasteiger partial charge in [-0.2, -0.15) is 0 Å². The number of rotatable bonds is 3. The van der Waals surface area contributed by atoms with Gasteiger partial charge in [0.2, 0.25) is 0 Å². The minimum atomic E-state index is -2.44. The van der Waals surface area contributed by atoms with E-state index in [4.69, 9.17) is 10.2 Å². The molecule has 0 aliphatic carbocycles. The van der Waals surface area contributed by atoms with Crippen molar-refractivity contribution in [3.63, 3.8) is 0 Å². The molecule has 0 saturated heterocycles. The molecular weight excluding hydrogens is 214 g/mol. The van der Waals surface area contributed by atoms with Crippen LogP contribution in [0.1, 0.15) is 0 Å². The molecule has 0 aromatic heterocycles. The Labute approximate surface area is 78.1 Å². The molecule has 2 atom stereocenters. The van der Waals surface area contributed by atoms with Crippen molar-refractivity contribution in [2.75, 3.05) is 0 Å². The summed E-state index contributed by atoms with van der Waals surface area (Å²) in [4.78, 5) is 19.3. The topological polar surface area (TPSA) is 157 Å². The zero-order valence-electron chi connectivity index (χ0n) is 6.04. The van der Waals surface area contributed by atoms with Gasteiger partial charge >= 0.3 is 0 Å². The average Bonchev–Trinajstić information content (AvgIpc) is 1.84. The minimum Gasteiger partial charge on any atom is -0.547 e. The first-order valence-electron chi connectivity index (χ1n) is 2.24. The predicted octanol–water partition coefficient (Wildman–Crippen LogP) is -4.42. The van der Waals surface area contributed by atoms with Gasteiger partial charge in [0.05, 0.1) is 11.9 Å². The number of aliphatic hydroxyl groups is 2. The number of carbonyl (C=O) groups is 2. The zero-order valence-corrected chi connectivity index (χ0v) is 7.14. The van der Waals surface area contributed by atoms with E-state index in [-0.39, 0.29) is 23.2 Å². The van der Waals surface area contributed by atoms with Crippen LogP contribution in [0.5, 0.6) is 0 Å². The number of aliphatic hydroxyl groups excluding tert-OH is 2. The van der Waals surface area contributed by atoms with Crippen molar-refractivity contribution in [2.45, 2.75) is 12.2 Å². The van der Waals surface area contributed by atoms with Crippen LogP contribution in [0.15, 0.2) is 0 Å². The SMILES string of the molecule is O=C([O-])C(O)C(O)C(=O)[O-].[Fe].[NH4+]. The van der Waals surface area contributed by atoms with Crippen LogP contribution in [-0.4, -0.2) is 34.4 Å². The molecule has 0 heterocycles. The Balaban J connectivity index is -0.000000405. The van der Waals surface area contributed by atoms with E-state index in [1.54, 1.807) is 0 Å². The van der Waals surface area contributed by atoms with Crippen molar-refractivity contribution in [3.8, 4) is 0 Å². The summed E-state index contributed by atoms with van der Waals surface area (Å²) in [6.07, 6.45) is -4.88. The van der Waals surface area contributed by atoms with Crippen molar-refractivity contribution < 1.29 is 47.1 Å². The maximum absolute atomic E-state index is 9.63. The molecule has 0 spiro atoms. The Kier molecular flexibility index (Phi) is 10.2. The molecule has 6 N–H and O–H groups in total. The number of carboxylic acids is 2. The Hall–Kier alpha value is -0.661. The number of hydrogen-bond acceptors (Lipinski definition) is 6. The van der Waals surface area contributed by atoms with Crippen LogP contribution < -0.4 is 16.4 Å². The second-order valence-electron chi connectivity index (χ2n) is 1.53. The molecular formula is C4H8FeNO6-. The van der Waals surface area contributed by atoms with Gasteiger partial charge in [-0.25, -0.2) is 0 Å². The molecule has 0 aliphatic heterocycles. The number of carboxylic acid groups (broad SMARTS) is 2. The first-order chi connectivity index (χ1) is 4.46. The summed E-state index contributed by atoms with van der Waals surface area (Å²) in [5, 5.41) is 35.7. The van der Waals surface area contributed by atoms with E-state index in [1.807, 2.05) is 0 Å². The van der Waals surface area contributed by atoms with Crippen molar-refractivity contribution in [2.24, 2.45) is 0 Å². The number of quaternary nitrogens is 1. The number of aliphatic carboxylic acids is 2. The molecule has 2 unspecified atom stereocenters. The molecule has 0 radical (unpaired) electrons. The Bertz CT molecular complexity index is 144. The normalized spacial score (nSPS) is 13.2. The third kappa shape index (κ3) is 5.05. The van der Waals surface area contributed by atoms with Gasteiger partial charge < -0.3 is 36.2 Å². The van der Waals surface area contributed by atoms with E-state index >= 15 is 0 Å². The van der Waals surface area contributed by atoms with E-state index in [0.717, 1.165) is 0 Å². The van der Waals surface area contributed by atoms with E-state index in [2.05, 4.69) is 0 Å². The van der Waals surface area contributed by atoms with Crippen molar-refractivity contribution >= 4 is 11.9 Å². The van der Waals surface area contributed by atoms with E-state index in [0.29, 0.717) is 0 Å². The third-order valence-corrected chi connectivity index (χ3v) is 0.782. The van der Waals surface area contributed by atoms with E-state index in [1.165, 1.54) is 0 Å². The van der Waals surface area contributed by atoms with Crippen LogP contribution in [0, 0.1) is 0 Å². The Morgan fingerprint density at radius 1 is 1.00 bits per heavy atom. The van der Waals surface area contributed by atoms with Crippen LogP contribution in [0.2, 0.25) is 0 Å². The van der Waals surface area contributed by atoms with Gasteiger partial charge in [-0.15, -0.1) is 0 Å². The fourth-order valence-corrected chi connectivity index (χ4v) is 0.258. The quantitative estimate of drug-likeness (QED) is 0.409. The summed E-state index contributed by atoms with van der Waals surface area (Å²) in [6, 6.07) is 0. The van der Waals surface area contributed by atoms with Crippen LogP contribution >= 0.6 is 0 Å². The van der Waals surface area contributed by atoms with Crippen LogP contribution in [0.25, 0.3) is 0 Å². The summed E-state index contributed by atoms with van der Waals surface area (Å²) < 4.78 is 0. The molecule has 0 aliphatic rings. The van der Waals surface area contributed by atoms with Gasteiger partial charge in [-0.05, 0) is 0 Å². The maximum atomic E-state index is 9.63. The van der Waals surface area contributed by atoms with Gasteiger partial charge in [-0.3, -0.25) is 0 Å². The molecule has 74 valence electrons. The molecule has 0 amide bonds. The molecule has 0 fully saturated rings. The molecule has 12 heavy (non-hydrogen) atoms. The van der Waals surface area contributed by atoms with Crippen molar-refractivity contribution in [1.29, 1.82) is 0 Å². The van der Waals surface area contributed by atoms with Crippen LogP contribution in [0.3, 0.4) is 0 Å². The molecule has 0 aromatic rings. The summed E-state index contributed by atoms with van der Waals surface area (Å²) >= 11 is 0. The second-order valence-corrected chi connectivity index (χ2v) is 1.53. The summed E-state index contributed by atoms with van der Waals surface area (Å²) in [5.74, 6) is -4.12. The second kappa shape index (κ2) is 7.01. The van der Waals surface area contributed by atoms with Crippen LogP contribution in [0.4, 0.5) is 0 Å². The van der Waals surface area contributed by atoms with Gasteiger partial charge in [-0.1, -0.05) is 0 Å². The number of hydrogen-bond donors (Lipinski definition) is 3. The third-order valence-electron chi connectivity index (χ3n) is 0.782. The molecule has 0 saturated carbocycles. The number of carbonyl (C=O) groups excluding carboxylic acids is 2. The van der Waals surface area contributed by atoms with Gasteiger partial charge in [0, 0.05) is 17.1 Å². The zero-order chi connectivity index (χ0) is 8.31. The summed E-state index contributed by atoms with van der Waals surface area (Å²) in [6.45, 7) is 0. The van der Waals surface area contributed by atoms with Gasteiger partial charge in [0.1, 0.15) is 12.2 Å². The average molecular weight is 222 g/mol. The molecule has 7 nitrogen and oxygen atoms in total. The molecule has 0 bridgehead atoms. The largest absolute Gasteiger partial charge is 0.547 e. The minimum absolute atomic E-state index is 0. The van der Waals surface area contributed by atoms with Gasteiger partial charge in [0.15, 0.2) is 0 Å².